The molecule has 134 valence electrons. The van der Waals surface area contributed by atoms with Crippen molar-refractivity contribution in [2.24, 2.45) is 0 Å². The van der Waals surface area contributed by atoms with Crippen LogP contribution in [0, 0.1) is 0 Å². The summed E-state index contributed by atoms with van der Waals surface area (Å²) in [4.78, 5) is 3.20. The second kappa shape index (κ2) is 6.97. The van der Waals surface area contributed by atoms with Gasteiger partial charge in [-0.15, -0.1) is 5.10 Å². The Morgan fingerprint density at radius 3 is 2.76 bits per heavy atom. The van der Waals surface area contributed by atoms with Crippen LogP contribution in [0.15, 0.2) is 18.2 Å². The van der Waals surface area contributed by atoms with Crippen LogP contribution in [-0.2, 0) is 6.54 Å². The van der Waals surface area contributed by atoms with Crippen LogP contribution in [0.1, 0.15) is 30.8 Å². The summed E-state index contributed by atoms with van der Waals surface area (Å²) in [6.07, 6.45) is 1.04. The van der Waals surface area contributed by atoms with Crippen molar-refractivity contribution in [1.29, 1.82) is 0 Å². The van der Waals surface area contributed by atoms with Crippen molar-refractivity contribution < 1.29 is 19.3 Å². The summed E-state index contributed by atoms with van der Waals surface area (Å²) < 4.78 is 12.8. The highest BCUT2D eigenvalue weighted by atomic mass is 16.7. The third-order valence-corrected chi connectivity index (χ3v) is 5.29. The second-order valence-electron chi connectivity index (χ2n) is 6.96. The molecule has 1 atom stereocenters. The van der Waals surface area contributed by atoms with Gasteiger partial charge in [0, 0.05) is 6.42 Å². The van der Waals surface area contributed by atoms with E-state index in [1.165, 1.54) is 26.2 Å². The van der Waals surface area contributed by atoms with Crippen LogP contribution in [0.5, 0.6) is 11.5 Å². The Labute approximate surface area is 147 Å². The quantitative estimate of drug-likeness (QED) is 0.676. The summed E-state index contributed by atoms with van der Waals surface area (Å²) in [6, 6.07) is 6.36. The fourth-order valence-corrected chi connectivity index (χ4v) is 3.79. The van der Waals surface area contributed by atoms with Crippen molar-refractivity contribution in [3.63, 3.8) is 0 Å². The smallest absolute Gasteiger partial charge is 0.231 e. The maximum Gasteiger partial charge on any atom is 0.231 e. The van der Waals surface area contributed by atoms with Crippen molar-refractivity contribution in [1.82, 2.24) is 20.2 Å². The van der Waals surface area contributed by atoms with Gasteiger partial charge in [-0.25, -0.2) is 4.68 Å². The summed E-state index contributed by atoms with van der Waals surface area (Å²) in [6.45, 7) is 7.91. The van der Waals surface area contributed by atoms with Gasteiger partial charge in [0.05, 0.1) is 13.6 Å². The molecule has 2 N–H and O–H groups in total. The molecule has 0 spiro atoms. The van der Waals surface area contributed by atoms with Crippen LogP contribution in [0.3, 0.4) is 0 Å². The van der Waals surface area contributed by atoms with Gasteiger partial charge in [0.2, 0.25) is 12.6 Å². The molecule has 0 amide bonds. The summed E-state index contributed by atoms with van der Waals surface area (Å²) in [5, 5.41) is 12.6. The maximum atomic E-state index is 5.47. The Kier molecular flexibility index (Phi) is 4.54. The van der Waals surface area contributed by atoms with Crippen LogP contribution in [0.25, 0.3) is 0 Å². The largest absolute Gasteiger partial charge is 0.454 e. The first-order valence-corrected chi connectivity index (χ1v) is 9.05. The predicted octanol–water partition coefficient (Wildman–Crippen LogP) is -1.69. The number of nitrogens with zero attached hydrogens (tertiary/aromatic N) is 4. The van der Waals surface area contributed by atoms with Crippen molar-refractivity contribution in [2.75, 3.05) is 40.0 Å². The maximum absolute atomic E-state index is 5.47. The Morgan fingerprint density at radius 1 is 1.16 bits per heavy atom. The average Bonchev–Trinajstić information content (AvgIpc) is 3.27. The van der Waals surface area contributed by atoms with Gasteiger partial charge < -0.3 is 19.3 Å². The lowest BCUT2D eigenvalue weighted by Gasteiger charge is -2.32. The molecule has 1 aromatic carbocycles. The third kappa shape index (κ3) is 3.32. The molecular formula is C17H26N6O2+2. The zero-order valence-electron chi connectivity index (χ0n) is 14.9. The minimum absolute atomic E-state index is 0.293. The van der Waals surface area contributed by atoms with E-state index in [4.69, 9.17) is 9.47 Å². The molecule has 0 unspecified atom stereocenters. The van der Waals surface area contributed by atoms with Gasteiger partial charge in [0.25, 0.3) is 0 Å². The number of benzene rings is 1. The van der Waals surface area contributed by atoms with Crippen molar-refractivity contribution in [2.45, 2.75) is 25.9 Å². The molecule has 8 nitrogen and oxygen atoms in total. The Balaban J connectivity index is 1.53. The number of tetrazole rings is 1. The molecule has 0 aliphatic carbocycles. The van der Waals surface area contributed by atoms with E-state index in [0.717, 1.165) is 29.3 Å². The topological polar surface area (TPSA) is 70.9 Å². The monoisotopic (exact) mass is 346 g/mol. The number of piperazine rings is 1. The molecule has 1 aromatic heterocycles. The molecule has 25 heavy (non-hydrogen) atoms. The van der Waals surface area contributed by atoms with Crippen LogP contribution in [-0.4, -0.2) is 60.2 Å². The van der Waals surface area contributed by atoms with Gasteiger partial charge in [-0.3, -0.25) is 0 Å². The second-order valence-corrected chi connectivity index (χ2v) is 6.96. The molecule has 2 aliphatic heterocycles. The number of hydrogen-bond donors (Lipinski definition) is 2. The number of quaternary nitrogens is 2. The fourth-order valence-electron chi connectivity index (χ4n) is 3.79. The first-order valence-electron chi connectivity index (χ1n) is 9.05. The van der Waals surface area contributed by atoms with Crippen molar-refractivity contribution in [3.8, 4) is 11.5 Å². The normalized spacial score (nSPS) is 23.6. The highest BCUT2D eigenvalue weighted by Crippen LogP contribution is 2.32. The van der Waals surface area contributed by atoms with Crippen molar-refractivity contribution >= 4 is 0 Å². The van der Waals surface area contributed by atoms with Gasteiger partial charge in [-0.1, -0.05) is 13.0 Å². The van der Waals surface area contributed by atoms with E-state index in [9.17, 15) is 0 Å². The lowest BCUT2D eigenvalue weighted by molar-refractivity contribution is -1.02. The Bertz CT molecular complexity index is 726. The molecule has 1 fully saturated rings. The van der Waals surface area contributed by atoms with E-state index in [-0.39, 0.29) is 0 Å². The minimum Gasteiger partial charge on any atom is -0.454 e. The van der Waals surface area contributed by atoms with E-state index in [1.54, 1.807) is 9.80 Å². The zero-order valence-corrected chi connectivity index (χ0v) is 14.9. The van der Waals surface area contributed by atoms with Gasteiger partial charge in [0.15, 0.2) is 11.5 Å². The lowest BCUT2D eigenvalue weighted by Crippen LogP contribution is -3.27. The first-order chi connectivity index (χ1) is 12.2. The van der Waals surface area contributed by atoms with Crippen molar-refractivity contribution in [3.05, 3.63) is 29.6 Å². The molecule has 0 saturated carbocycles. The highest BCUT2D eigenvalue weighted by molar-refractivity contribution is 5.44. The minimum atomic E-state index is 0.293. The molecule has 3 heterocycles. The zero-order chi connectivity index (χ0) is 17.2. The summed E-state index contributed by atoms with van der Waals surface area (Å²) >= 11 is 0. The van der Waals surface area contributed by atoms with Gasteiger partial charge in [-0.2, -0.15) is 0 Å². The third-order valence-electron chi connectivity index (χ3n) is 5.29. The average molecular weight is 346 g/mol. The van der Waals surface area contributed by atoms with Crippen LogP contribution >= 0.6 is 0 Å². The molecule has 0 radical (unpaired) electrons. The molecule has 8 heteroatoms. The van der Waals surface area contributed by atoms with Crippen LogP contribution in [0.2, 0.25) is 0 Å². The highest BCUT2D eigenvalue weighted by Gasteiger charge is 2.32. The SMILES string of the molecule is CC[C@@H](c1nnnn1Cc1ccc2c(c1)OCO2)[NH+]1CC[NH+](C)CC1. The van der Waals surface area contributed by atoms with Crippen LogP contribution < -0.4 is 19.3 Å². The van der Waals surface area contributed by atoms with Gasteiger partial charge in [-0.05, 0) is 28.1 Å². The first kappa shape index (κ1) is 16.3. The Morgan fingerprint density at radius 2 is 1.96 bits per heavy atom. The van der Waals surface area contributed by atoms with E-state index in [0.29, 0.717) is 19.4 Å². The molecule has 4 rings (SSSR count). The number of aromatic nitrogens is 4. The molecular weight excluding hydrogens is 320 g/mol. The number of hydrogen-bond acceptors (Lipinski definition) is 5. The predicted molar refractivity (Wildman–Crippen MR) is 89.8 cm³/mol. The van der Waals surface area contributed by atoms with Gasteiger partial charge >= 0.3 is 0 Å². The molecule has 1 saturated heterocycles. The number of likely N-dealkylation sites (N-methyl/N-ethyl adjacent to an activating group) is 1. The number of ether oxygens (including phenoxy) is 2. The van der Waals surface area contributed by atoms with E-state index in [1.807, 2.05) is 22.9 Å². The lowest BCUT2D eigenvalue weighted by atomic mass is 10.1. The summed E-state index contributed by atoms with van der Waals surface area (Å²) in [5.41, 5.74) is 1.12. The van der Waals surface area contributed by atoms with E-state index in [2.05, 4.69) is 29.5 Å². The van der Waals surface area contributed by atoms with Crippen LogP contribution in [0.4, 0.5) is 0 Å². The number of rotatable bonds is 5. The standard InChI is InChI=1S/C17H24N6O2/c1-3-14(22-8-6-21(2)7-9-22)17-18-19-20-23(17)11-13-4-5-15-16(10-13)25-12-24-15/h4-5,10,14H,3,6-9,11-12H2,1-2H3/p+2/t14-/m0/s1. The number of fused-ring (bicyclic) bond motifs is 1. The van der Waals surface area contributed by atoms with Gasteiger partial charge in [0.1, 0.15) is 32.2 Å². The number of nitrogens with one attached hydrogen (secondary N) is 2. The molecule has 2 aromatic rings. The summed E-state index contributed by atoms with van der Waals surface area (Å²) in [5.74, 6) is 2.58. The Hall–Kier alpha value is -2.19. The van der Waals surface area contributed by atoms with E-state index >= 15 is 0 Å². The molecule has 2 aliphatic rings. The fraction of sp³-hybridized carbons (Fsp3) is 0.588. The molecule has 0 bridgehead atoms. The summed E-state index contributed by atoms with van der Waals surface area (Å²) in [7, 11) is 2.27. The van der Waals surface area contributed by atoms with E-state index < -0.39 is 0 Å².